The summed E-state index contributed by atoms with van der Waals surface area (Å²) in [6, 6.07) is 8.28. The number of ether oxygens (including phenoxy) is 3. The number of nitro benzene ring substituents is 1. The van der Waals surface area contributed by atoms with E-state index in [0.29, 0.717) is 33.6 Å². The van der Waals surface area contributed by atoms with E-state index in [9.17, 15) is 14.9 Å². The molecule has 0 bridgehead atoms. The SMILES string of the molecule is CCOC(=O)c1sc(-c2ccncc2)nc1NCc1cc(OCCCN2CCOCC2)ccc1[N+](=O)[O-]. The van der Waals surface area contributed by atoms with E-state index in [-0.39, 0.29) is 18.8 Å². The minimum Gasteiger partial charge on any atom is -0.494 e. The van der Waals surface area contributed by atoms with Crippen LogP contribution < -0.4 is 10.1 Å². The molecule has 0 saturated carbocycles. The van der Waals surface area contributed by atoms with E-state index in [0.717, 1.165) is 44.8 Å². The maximum atomic E-state index is 12.6. The standard InChI is InChI=1S/C25H29N5O6S/c1-2-35-25(31)22-23(28-24(37-22)18-6-8-26-9-7-18)27-17-19-16-20(4-5-21(19)30(32)33)36-13-3-10-29-11-14-34-15-12-29/h4-9,16,27H,2-3,10-15,17H2,1H3. The van der Waals surface area contributed by atoms with Crippen LogP contribution in [-0.4, -0.2) is 71.8 Å². The summed E-state index contributed by atoms with van der Waals surface area (Å²) in [5, 5.41) is 15.4. The number of rotatable bonds is 12. The van der Waals surface area contributed by atoms with E-state index in [1.54, 1.807) is 43.6 Å². The number of hydrogen-bond acceptors (Lipinski definition) is 11. The maximum Gasteiger partial charge on any atom is 0.352 e. The molecule has 1 aliphatic heterocycles. The van der Waals surface area contributed by atoms with E-state index in [1.807, 2.05) is 0 Å². The number of hydrogen-bond donors (Lipinski definition) is 1. The molecule has 1 saturated heterocycles. The Balaban J connectivity index is 1.46. The maximum absolute atomic E-state index is 12.6. The molecule has 1 aliphatic rings. The van der Waals surface area contributed by atoms with Gasteiger partial charge in [-0.2, -0.15) is 0 Å². The summed E-state index contributed by atoms with van der Waals surface area (Å²) in [6.07, 6.45) is 4.12. The first-order chi connectivity index (χ1) is 18.0. The predicted octanol–water partition coefficient (Wildman–Crippen LogP) is 4.00. The van der Waals surface area contributed by atoms with Crippen LogP contribution in [0.3, 0.4) is 0 Å². The third-order valence-corrected chi connectivity index (χ3v) is 6.78. The fourth-order valence-electron chi connectivity index (χ4n) is 3.85. The number of benzene rings is 1. The summed E-state index contributed by atoms with van der Waals surface area (Å²) in [6.45, 7) is 6.76. The van der Waals surface area contributed by atoms with Gasteiger partial charge in [-0.25, -0.2) is 9.78 Å². The van der Waals surface area contributed by atoms with Gasteiger partial charge in [0.25, 0.3) is 5.69 Å². The van der Waals surface area contributed by atoms with E-state index in [4.69, 9.17) is 14.2 Å². The van der Waals surface area contributed by atoms with Crippen molar-refractivity contribution in [1.82, 2.24) is 14.9 Å². The highest BCUT2D eigenvalue weighted by atomic mass is 32.1. The molecule has 0 radical (unpaired) electrons. The summed E-state index contributed by atoms with van der Waals surface area (Å²) >= 11 is 1.19. The highest BCUT2D eigenvalue weighted by molar-refractivity contribution is 7.17. The van der Waals surface area contributed by atoms with Crippen LogP contribution >= 0.6 is 11.3 Å². The molecular weight excluding hydrogens is 498 g/mol. The number of aromatic nitrogens is 2. The molecule has 3 aromatic rings. The Bertz CT molecular complexity index is 1200. The van der Waals surface area contributed by atoms with Gasteiger partial charge in [0.2, 0.25) is 0 Å². The molecule has 1 aromatic carbocycles. The van der Waals surface area contributed by atoms with Crippen molar-refractivity contribution in [1.29, 1.82) is 0 Å². The quantitative estimate of drug-likeness (QED) is 0.160. The lowest BCUT2D eigenvalue weighted by Gasteiger charge is -2.26. The van der Waals surface area contributed by atoms with Crippen LogP contribution in [0.25, 0.3) is 10.6 Å². The highest BCUT2D eigenvalue weighted by Gasteiger charge is 2.22. The second-order valence-corrected chi connectivity index (χ2v) is 9.21. The molecule has 37 heavy (non-hydrogen) atoms. The van der Waals surface area contributed by atoms with Crippen molar-refractivity contribution < 1.29 is 23.9 Å². The van der Waals surface area contributed by atoms with Gasteiger partial charge >= 0.3 is 5.97 Å². The minimum atomic E-state index is -0.505. The van der Waals surface area contributed by atoms with Gasteiger partial charge in [0.15, 0.2) is 10.7 Å². The van der Waals surface area contributed by atoms with Crippen LogP contribution in [0, 0.1) is 10.1 Å². The predicted molar refractivity (Wildman–Crippen MR) is 139 cm³/mol. The molecule has 11 nitrogen and oxygen atoms in total. The number of nitro groups is 1. The van der Waals surface area contributed by atoms with Crippen molar-refractivity contribution >= 4 is 28.8 Å². The molecule has 2 aromatic heterocycles. The van der Waals surface area contributed by atoms with Gasteiger partial charge in [-0.3, -0.25) is 20.0 Å². The van der Waals surface area contributed by atoms with Crippen molar-refractivity contribution in [3.8, 4) is 16.3 Å². The summed E-state index contributed by atoms with van der Waals surface area (Å²) in [5.74, 6) is 0.349. The molecule has 3 heterocycles. The molecule has 12 heteroatoms. The van der Waals surface area contributed by atoms with Crippen LogP contribution in [0.1, 0.15) is 28.6 Å². The number of anilines is 1. The second kappa shape index (κ2) is 13.1. The number of thiazole rings is 1. The van der Waals surface area contributed by atoms with Crippen LogP contribution in [0.4, 0.5) is 11.5 Å². The van der Waals surface area contributed by atoms with Crippen molar-refractivity contribution in [2.75, 3.05) is 51.4 Å². The second-order valence-electron chi connectivity index (χ2n) is 8.21. The van der Waals surface area contributed by atoms with Gasteiger partial charge in [-0.05, 0) is 37.6 Å². The summed E-state index contributed by atoms with van der Waals surface area (Å²) in [4.78, 5) is 35.0. The lowest BCUT2D eigenvalue weighted by molar-refractivity contribution is -0.385. The van der Waals surface area contributed by atoms with Crippen LogP contribution in [0.5, 0.6) is 5.75 Å². The monoisotopic (exact) mass is 527 g/mol. The topological polar surface area (TPSA) is 129 Å². The smallest absolute Gasteiger partial charge is 0.352 e. The van der Waals surface area contributed by atoms with Gasteiger partial charge in [-0.15, -0.1) is 11.3 Å². The zero-order valence-corrected chi connectivity index (χ0v) is 21.4. The largest absolute Gasteiger partial charge is 0.494 e. The molecule has 0 aliphatic carbocycles. The molecule has 0 unspecified atom stereocenters. The van der Waals surface area contributed by atoms with Gasteiger partial charge in [-0.1, -0.05) is 0 Å². The number of nitrogens with one attached hydrogen (secondary N) is 1. The Morgan fingerprint density at radius 3 is 2.76 bits per heavy atom. The molecular formula is C25H29N5O6S. The fraction of sp³-hybridized carbons (Fsp3) is 0.400. The minimum absolute atomic E-state index is 0.0459. The molecule has 1 N–H and O–H groups in total. The molecule has 1 fully saturated rings. The first-order valence-corrected chi connectivity index (χ1v) is 12.9. The van der Waals surface area contributed by atoms with E-state index >= 15 is 0 Å². The molecule has 4 rings (SSSR count). The number of carbonyl (C=O) groups excluding carboxylic acids is 1. The number of carbonyl (C=O) groups is 1. The highest BCUT2D eigenvalue weighted by Crippen LogP contribution is 2.33. The summed E-state index contributed by atoms with van der Waals surface area (Å²) < 4.78 is 16.4. The van der Waals surface area contributed by atoms with E-state index in [1.165, 1.54) is 17.4 Å². The first kappa shape index (κ1) is 26.5. The van der Waals surface area contributed by atoms with Crippen molar-refractivity contribution in [2.24, 2.45) is 0 Å². The number of pyridine rings is 1. The third-order valence-electron chi connectivity index (χ3n) is 5.70. The van der Waals surface area contributed by atoms with Gasteiger partial charge in [0.05, 0.1) is 36.9 Å². The molecule has 196 valence electrons. The molecule has 0 amide bonds. The van der Waals surface area contributed by atoms with Crippen LogP contribution in [0.2, 0.25) is 0 Å². The Labute approximate surface area is 218 Å². The summed E-state index contributed by atoms with van der Waals surface area (Å²) in [7, 11) is 0. The van der Waals surface area contributed by atoms with Crippen molar-refractivity contribution in [2.45, 2.75) is 19.9 Å². The third kappa shape index (κ3) is 7.21. The zero-order chi connectivity index (χ0) is 26.0. The van der Waals surface area contributed by atoms with E-state index in [2.05, 4.69) is 20.2 Å². The fourth-order valence-corrected chi connectivity index (χ4v) is 4.79. The van der Waals surface area contributed by atoms with Gasteiger partial charge in [0, 0.05) is 50.2 Å². The first-order valence-electron chi connectivity index (χ1n) is 12.1. The van der Waals surface area contributed by atoms with Gasteiger partial charge < -0.3 is 19.5 Å². The number of esters is 1. The number of morpholine rings is 1. The average molecular weight is 528 g/mol. The van der Waals surface area contributed by atoms with Crippen molar-refractivity contribution in [3.63, 3.8) is 0 Å². The normalized spacial score (nSPS) is 13.8. The molecule has 0 atom stereocenters. The number of nitrogens with zero attached hydrogens (tertiary/aromatic N) is 4. The summed E-state index contributed by atoms with van der Waals surface area (Å²) in [5.41, 5.74) is 1.18. The van der Waals surface area contributed by atoms with E-state index < -0.39 is 10.9 Å². The van der Waals surface area contributed by atoms with Crippen LogP contribution in [-0.2, 0) is 16.0 Å². The Morgan fingerprint density at radius 1 is 1.24 bits per heavy atom. The lowest BCUT2D eigenvalue weighted by atomic mass is 10.1. The lowest BCUT2D eigenvalue weighted by Crippen LogP contribution is -2.37. The van der Waals surface area contributed by atoms with Crippen LogP contribution in [0.15, 0.2) is 42.7 Å². The Kier molecular flexibility index (Phi) is 9.35. The Hall–Kier alpha value is -3.61. The Morgan fingerprint density at radius 2 is 2.03 bits per heavy atom. The molecule has 0 spiro atoms. The average Bonchev–Trinajstić information content (AvgIpc) is 3.36. The zero-order valence-electron chi connectivity index (χ0n) is 20.6. The van der Waals surface area contributed by atoms with Crippen molar-refractivity contribution in [3.05, 3.63) is 63.3 Å². The van der Waals surface area contributed by atoms with Gasteiger partial charge in [0.1, 0.15) is 10.8 Å².